The smallest absolute Gasteiger partial charge is 0.264 e. The fourth-order valence-corrected chi connectivity index (χ4v) is 5.15. The number of fused-ring (bicyclic) bond motifs is 1. The van der Waals surface area contributed by atoms with Crippen LogP contribution in [0.1, 0.15) is 23.0 Å². The van der Waals surface area contributed by atoms with E-state index >= 15 is 0 Å². The van der Waals surface area contributed by atoms with Crippen molar-refractivity contribution in [3.63, 3.8) is 0 Å². The molecule has 0 amide bonds. The van der Waals surface area contributed by atoms with E-state index in [9.17, 15) is 17.6 Å². The summed E-state index contributed by atoms with van der Waals surface area (Å²) in [4.78, 5) is 12.8. The number of rotatable bonds is 8. The number of sulfonamides is 1. The van der Waals surface area contributed by atoms with Gasteiger partial charge in [0.25, 0.3) is 10.0 Å². The van der Waals surface area contributed by atoms with Gasteiger partial charge in [-0.2, -0.15) is 0 Å². The Morgan fingerprint density at radius 1 is 1.03 bits per heavy atom. The first-order valence-corrected chi connectivity index (χ1v) is 11.9. The molecular weight excluding hydrogens is 443 g/mol. The van der Waals surface area contributed by atoms with Gasteiger partial charge in [0.1, 0.15) is 11.4 Å². The maximum absolute atomic E-state index is 13.5. The summed E-state index contributed by atoms with van der Waals surface area (Å²) in [5, 5.41) is 3.55. The molecule has 1 heterocycles. The van der Waals surface area contributed by atoms with Gasteiger partial charge in [0.2, 0.25) is 5.78 Å². The quantitative estimate of drug-likeness (QED) is 0.352. The summed E-state index contributed by atoms with van der Waals surface area (Å²) >= 11 is 0. The number of halogens is 1. The number of furan rings is 1. The Balaban J connectivity index is 1.48. The summed E-state index contributed by atoms with van der Waals surface area (Å²) in [7, 11) is -3.73. The van der Waals surface area contributed by atoms with E-state index in [0.717, 1.165) is 0 Å². The lowest BCUT2D eigenvalue weighted by atomic mass is 10.1. The van der Waals surface area contributed by atoms with Crippen LogP contribution in [0.3, 0.4) is 0 Å². The maximum atomic E-state index is 13.5. The lowest BCUT2D eigenvalue weighted by Crippen LogP contribution is -2.30. The van der Waals surface area contributed by atoms with E-state index in [4.69, 9.17) is 4.42 Å². The molecule has 33 heavy (non-hydrogen) atoms. The summed E-state index contributed by atoms with van der Waals surface area (Å²) in [6.45, 7) is 3.73. The topological polar surface area (TPSA) is 79.6 Å². The molecule has 0 fully saturated rings. The first-order chi connectivity index (χ1) is 15.8. The van der Waals surface area contributed by atoms with Crippen LogP contribution >= 0.6 is 0 Å². The van der Waals surface area contributed by atoms with Crippen LogP contribution in [0.15, 0.2) is 82.1 Å². The summed E-state index contributed by atoms with van der Waals surface area (Å²) < 4.78 is 46.6. The van der Waals surface area contributed by atoms with Crippen LogP contribution < -0.4 is 9.62 Å². The third kappa shape index (κ3) is 4.47. The van der Waals surface area contributed by atoms with Crippen molar-refractivity contribution in [2.24, 2.45) is 0 Å². The maximum Gasteiger partial charge on any atom is 0.264 e. The van der Waals surface area contributed by atoms with Gasteiger partial charge in [-0.05, 0) is 68.4 Å². The Kier molecular flexibility index (Phi) is 6.20. The highest BCUT2D eigenvalue weighted by Gasteiger charge is 2.23. The summed E-state index contributed by atoms with van der Waals surface area (Å²) in [6, 6.07) is 19.2. The molecule has 4 aromatic rings. The van der Waals surface area contributed by atoms with Crippen molar-refractivity contribution in [2.75, 3.05) is 22.7 Å². The van der Waals surface area contributed by atoms with E-state index < -0.39 is 15.8 Å². The lowest BCUT2D eigenvalue weighted by molar-refractivity contribution is 0.0981. The summed E-state index contributed by atoms with van der Waals surface area (Å²) in [5.74, 6) is -0.516. The van der Waals surface area contributed by atoms with Gasteiger partial charge in [-0.15, -0.1) is 0 Å². The van der Waals surface area contributed by atoms with Gasteiger partial charge in [-0.3, -0.25) is 9.10 Å². The normalized spacial score (nSPS) is 11.5. The molecule has 1 aromatic heterocycles. The van der Waals surface area contributed by atoms with E-state index in [1.165, 1.54) is 34.6 Å². The molecule has 0 spiro atoms. The Labute approximate surface area is 191 Å². The SMILES string of the molecule is CCN(c1ccccc1)S(=O)(=O)c1ccc(NCC(=O)c2oc3ccc(F)cc3c2C)cc1. The molecule has 170 valence electrons. The Bertz CT molecular complexity index is 1400. The van der Waals surface area contributed by atoms with E-state index in [0.29, 0.717) is 34.5 Å². The molecule has 0 radical (unpaired) electrons. The standard InChI is InChI=1S/C25H23FN2O4S/c1-3-28(20-7-5-4-6-8-20)33(30,31)21-12-10-19(11-13-21)27-16-23(29)25-17(2)22-15-18(26)9-14-24(22)32-25/h4-15,27H,3,16H2,1-2H3. The molecule has 4 rings (SSSR count). The second kappa shape index (κ2) is 9.07. The number of nitrogens with zero attached hydrogens (tertiary/aromatic N) is 1. The Morgan fingerprint density at radius 2 is 1.73 bits per heavy atom. The van der Waals surface area contributed by atoms with Crippen LogP contribution in [0.25, 0.3) is 11.0 Å². The predicted molar refractivity (Wildman–Crippen MR) is 127 cm³/mol. The number of carbonyl (C=O) groups excluding carboxylic acids is 1. The van der Waals surface area contributed by atoms with Gasteiger partial charge in [0.05, 0.1) is 17.1 Å². The van der Waals surface area contributed by atoms with Crippen molar-refractivity contribution < 1.29 is 22.0 Å². The molecular formula is C25H23FN2O4S. The minimum atomic E-state index is -3.73. The van der Waals surface area contributed by atoms with E-state index in [2.05, 4.69) is 5.32 Å². The van der Waals surface area contributed by atoms with Gasteiger partial charge in [0, 0.05) is 23.2 Å². The van der Waals surface area contributed by atoms with Crippen molar-refractivity contribution in [2.45, 2.75) is 18.7 Å². The average molecular weight is 467 g/mol. The average Bonchev–Trinajstić information content (AvgIpc) is 3.14. The first-order valence-electron chi connectivity index (χ1n) is 10.4. The second-order valence-corrected chi connectivity index (χ2v) is 9.37. The van der Waals surface area contributed by atoms with Crippen LogP contribution in [0.5, 0.6) is 0 Å². The molecule has 0 aliphatic rings. The highest BCUT2D eigenvalue weighted by Crippen LogP contribution is 2.27. The molecule has 8 heteroatoms. The van der Waals surface area contributed by atoms with Crippen LogP contribution in [0.2, 0.25) is 0 Å². The third-order valence-electron chi connectivity index (χ3n) is 5.38. The molecule has 0 aliphatic heterocycles. The van der Waals surface area contributed by atoms with E-state index in [1.54, 1.807) is 50.2 Å². The number of anilines is 2. The van der Waals surface area contributed by atoms with Crippen molar-refractivity contribution in [1.29, 1.82) is 0 Å². The number of hydrogen-bond acceptors (Lipinski definition) is 5. The third-order valence-corrected chi connectivity index (χ3v) is 7.30. The zero-order valence-electron chi connectivity index (χ0n) is 18.2. The lowest BCUT2D eigenvalue weighted by Gasteiger charge is -2.23. The Hall–Kier alpha value is -3.65. The fourth-order valence-electron chi connectivity index (χ4n) is 3.68. The van der Waals surface area contributed by atoms with E-state index in [-0.39, 0.29) is 23.0 Å². The summed E-state index contributed by atoms with van der Waals surface area (Å²) in [6.07, 6.45) is 0. The van der Waals surface area contributed by atoms with Crippen LogP contribution in [-0.4, -0.2) is 27.3 Å². The Morgan fingerprint density at radius 3 is 2.39 bits per heavy atom. The van der Waals surface area contributed by atoms with E-state index in [1.807, 2.05) is 6.07 Å². The monoisotopic (exact) mass is 466 g/mol. The zero-order chi connectivity index (χ0) is 23.6. The number of Topliss-reactive ketones (excluding diaryl/α,β-unsaturated/α-hetero) is 1. The fraction of sp³-hybridized carbons (Fsp3) is 0.160. The number of hydrogen-bond donors (Lipinski definition) is 1. The van der Waals surface area contributed by atoms with Crippen LogP contribution in [-0.2, 0) is 10.0 Å². The number of carbonyl (C=O) groups is 1. The van der Waals surface area contributed by atoms with Crippen LogP contribution in [0.4, 0.5) is 15.8 Å². The molecule has 0 saturated carbocycles. The van der Waals surface area contributed by atoms with Crippen molar-refractivity contribution in [1.82, 2.24) is 0 Å². The van der Waals surface area contributed by atoms with Gasteiger partial charge in [-0.25, -0.2) is 12.8 Å². The van der Waals surface area contributed by atoms with Crippen LogP contribution in [0, 0.1) is 12.7 Å². The molecule has 6 nitrogen and oxygen atoms in total. The largest absolute Gasteiger partial charge is 0.453 e. The minimum Gasteiger partial charge on any atom is -0.453 e. The van der Waals surface area contributed by atoms with Gasteiger partial charge in [-0.1, -0.05) is 18.2 Å². The molecule has 1 N–H and O–H groups in total. The number of benzene rings is 3. The van der Waals surface area contributed by atoms with Gasteiger partial charge < -0.3 is 9.73 Å². The molecule has 0 saturated heterocycles. The molecule has 0 unspecified atom stereocenters. The molecule has 0 atom stereocenters. The van der Waals surface area contributed by atoms with Crippen molar-refractivity contribution in [3.05, 3.63) is 89.9 Å². The number of para-hydroxylation sites is 1. The van der Waals surface area contributed by atoms with Gasteiger partial charge in [0.15, 0.2) is 5.76 Å². The highest BCUT2D eigenvalue weighted by molar-refractivity contribution is 7.92. The van der Waals surface area contributed by atoms with Crippen molar-refractivity contribution >= 4 is 38.2 Å². The molecule has 3 aromatic carbocycles. The number of ketones is 1. The minimum absolute atomic E-state index is 0.0552. The van der Waals surface area contributed by atoms with Gasteiger partial charge >= 0.3 is 0 Å². The predicted octanol–water partition coefficient (Wildman–Crippen LogP) is 5.39. The number of nitrogens with one attached hydrogen (secondary N) is 1. The molecule has 0 aliphatic carbocycles. The number of aryl methyl sites for hydroxylation is 1. The highest BCUT2D eigenvalue weighted by atomic mass is 32.2. The summed E-state index contributed by atoms with van der Waals surface area (Å²) in [5.41, 5.74) is 2.21. The first kappa shape index (κ1) is 22.5. The second-order valence-electron chi connectivity index (χ2n) is 7.50. The van der Waals surface area contributed by atoms with Crippen molar-refractivity contribution in [3.8, 4) is 0 Å². The molecule has 0 bridgehead atoms. The zero-order valence-corrected chi connectivity index (χ0v) is 19.0.